The molecule has 0 radical (unpaired) electrons. The van der Waals surface area contributed by atoms with Gasteiger partial charge < -0.3 is 5.32 Å². The van der Waals surface area contributed by atoms with Crippen molar-refractivity contribution in [2.24, 2.45) is 0 Å². The van der Waals surface area contributed by atoms with Crippen LogP contribution >= 0.6 is 0 Å². The number of anilines is 1. The smallest absolute Gasteiger partial charge is 0.183 e. The lowest BCUT2D eigenvalue weighted by molar-refractivity contribution is 0.507. The molecular formula is C16H13F3N2. The molecule has 0 aliphatic heterocycles. The Labute approximate surface area is 120 Å². The highest BCUT2D eigenvalue weighted by Crippen LogP contribution is 2.21. The Kier molecular flexibility index (Phi) is 4.49. The van der Waals surface area contributed by atoms with Crippen LogP contribution < -0.4 is 5.32 Å². The van der Waals surface area contributed by atoms with Crippen LogP contribution in [0.1, 0.15) is 18.1 Å². The quantitative estimate of drug-likeness (QED) is 0.923. The second-order valence-corrected chi connectivity index (χ2v) is 4.78. The van der Waals surface area contributed by atoms with E-state index in [-0.39, 0.29) is 23.1 Å². The summed E-state index contributed by atoms with van der Waals surface area (Å²) >= 11 is 0. The summed E-state index contributed by atoms with van der Waals surface area (Å²) in [5.74, 6) is -2.55. The van der Waals surface area contributed by atoms with E-state index in [4.69, 9.17) is 5.26 Å². The van der Waals surface area contributed by atoms with Crippen molar-refractivity contribution in [1.29, 1.82) is 5.26 Å². The normalized spacial score (nSPS) is 11.8. The van der Waals surface area contributed by atoms with Crippen LogP contribution in [0.15, 0.2) is 36.4 Å². The highest BCUT2D eigenvalue weighted by molar-refractivity contribution is 5.50. The molecule has 0 amide bonds. The van der Waals surface area contributed by atoms with E-state index in [9.17, 15) is 13.2 Å². The van der Waals surface area contributed by atoms with Crippen molar-refractivity contribution in [3.8, 4) is 6.07 Å². The van der Waals surface area contributed by atoms with Gasteiger partial charge in [-0.1, -0.05) is 12.1 Å². The second-order valence-electron chi connectivity index (χ2n) is 4.78. The molecular weight excluding hydrogens is 277 g/mol. The number of nitrogens with zero attached hydrogens (tertiary/aromatic N) is 1. The Hall–Kier alpha value is -2.48. The zero-order valence-corrected chi connectivity index (χ0v) is 11.3. The Morgan fingerprint density at radius 1 is 1.05 bits per heavy atom. The maximum absolute atomic E-state index is 13.8. The number of rotatable bonds is 4. The molecule has 0 aliphatic rings. The van der Waals surface area contributed by atoms with E-state index in [0.29, 0.717) is 6.42 Å². The van der Waals surface area contributed by atoms with Crippen LogP contribution in [0.4, 0.5) is 18.9 Å². The fraction of sp³-hybridized carbons (Fsp3) is 0.188. The molecule has 5 heteroatoms. The molecule has 0 bridgehead atoms. The average Bonchev–Trinajstić information content (AvgIpc) is 2.47. The van der Waals surface area contributed by atoms with Gasteiger partial charge in [-0.3, -0.25) is 0 Å². The third-order valence-corrected chi connectivity index (χ3v) is 3.06. The molecule has 1 N–H and O–H groups in total. The lowest BCUT2D eigenvalue weighted by Crippen LogP contribution is -2.19. The Morgan fingerprint density at radius 3 is 2.33 bits per heavy atom. The van der Waals surface area contributed by atoms with Crippen LogP contribution in [0.5, 0.6) is 0 Å². The van der Waals surface area contributed by atoms with Crippen LogP contribution in [0, 0.1) is 28.8 Å². The van der Waals surface area contributed by atoms with Crippen LogP contribution in [0.3, 0.4) is 0 Å². The standard InChI is InChI=1S/C16H13F3N2/c1-10(8-11-2-5-13(17)6-3-11)21-14-7-4-12(9-20)15(18)16(14)19/h2-7,10,21H,8H2,1H3. The number of benzene rings is 2. The van der Waals surface area contributed by atoms with Gasteiger partial charge in [-0.2, -0.15) is 5.26 Å². The van der Waals surface area contributed by atoms with Gasteiger partial charge >= 0.3 is 0 Å². The maximum Gasteiger partial charge on any atom is 0.183 e. The molecule has 108 valence electrons. The maximum atomic E-state index is 13.8. The summed E-state index contributed by atoms with van der Waals surface area (Å²) in [6.07, 6.45) is 0.529. The van der Waals surface area contributed by atoms with Gasteiger partial charge in [-0.15, -0.1) is 0 Å². The van der Waals surface area contributed by atoms with E-state index in [1.54, 1.807) is 25.1 Å². The van der Waals surface area contributed by atoms with Crippen LogP contribution in [0.2, 0.25) is 0 Å². The molecule has 1 unspecified atom stereocenters. The van der Waals surface area contributed by atoms with Crippen molar-refractivity contribution in [3.63, 3.8) is 0 Å². The molecule has 2 aromatic rings. The summed E-state index contributed by atoms with van der Waals surface area (Å²) in [4.78, 5) is 0. The molecule has 2 aromatic carbocycles. The first-order valence-corrected chi connectivity index (χ1v) is 6.40. The van der Waals surface area contributed by atoms with E-state index in [1.807, 2.05) is 0 Å². The molecule has 0 fully saturated rings. The topological polar surface area (TPSA) is 35.8 Å². The van der Waals surface area contributed by atoms with E-state index >= 15 is 0 Å². The molecule has 0 saturated heterocycles. The van der Waals surface area contributed by atoms with Gasteiger partial charge in [0.05, 0.1) is 11.3 Å². The minimum atomic E-state index is -1.16. The van der Waals surface area contributed by atoms with Crippen molar-refractivity contribution in [2.45, 2.75) is 19.4 Å². The predicted octanol–water partition coefficient (Wildman–Crippen LogP) is 4.02. The van der Waals surface area contributed by atoms with Crippen LogP contribution in [0.25, 0.3) is 0 Å². The SMILES string of the molecule is CC(Cc1ccc(F)cc1)Nc1ccc(C#N)c(F)c1F. The minimum Gasteiger partial charge on any atom is -0.380 e. The Bertz CT molecular complexity index is 675. The second kappa shape index (κ2) is 6.31. The molecule has 0 aliphatic carbocycles. The summed E-state index contributed by atoms with van der Waals surface area (Å²) in [6.45, 7) is 1.80. The van der Waals surface area contributed by atoms with E-state index in [2.05, 4.69) is 5.32 Å². The first-order valence-electron chi connectivity index (χ1n) is 6.40. The molecule has 21 heavy (non-hydrogen) atoms. The lowest BCUT2D eigenvalue weighted by atomic mass is 10.1. The van der Waals surface area contributed by atoms with Crippen molar-refractivity contribution in [3.05, 3.63) is 65.0 Å². The molecule has 0 spiro atoms. The van der Waals surface area contributed by atoms with E-state index < -0.39 is 11.6 Å². The minimum absolute atomic E-state index is 0.00103. The summed E-state index contributed by atoms with van der Waals surface area (Å²) in [5.41, 5.74) is 0.552. The Balaban J connectivity index is 2.09. The molecule has 0 heterocycles. The van der Waals surface area contributed by atoms with Crippen LogP contribution in [-0.4, -0.2) is 6.04 Å². The average molecular weight is 290 g/mol. The molecule has 0 aromatic heterocycles. The van der Waals surface area contributed by atoms with Gasteiger partial charge in [0, 0.05) is 6.04 Å². The zero-order chi connectivity index (χ0) is 15.4. The van der Waals surface area contributed by atoms with Crippen molar-refractivity contribution in [2.75, 3.05) is 5.32 Å². The third-order valence-electron chi connectivity index (χ3n) is 3.06. The largest absolute Gasteiger partial charge is 0.380 e. The molecule has 1 atom stereocenters. The molecule has 0 saturated carbocycles. The summed E-state index contributed by atoms with van der Waals surface area (Å²) in [5, 5.41) is 11.5. The lowest BCUT2D eigenvalue weighted by Gasteiger charge is -2.16. The van der Waals surface area contributed by atoms with Crippen molar-refractivity contribution in [1.82, 2.24) is 0 Å². The van der Waals surface area contributed by atoms with Gasteiger partial charge in [0.25, 0.3) is 0 Å². The summed E-state index contributed by atoms with van der Waals surface area (Å²) in [6, 6.07) is 9.95. The fourth-order valence-corrected chi connectivity index (χ4v) is 2.04. The first-order chi connectivity index (χ1) is 10.0. The number of nitrogens with one attached hydrogen (secondary N) is 1. The van der Waals surface area contributed by atoms with Gasteiger partial charge in [-0.25, -0.2) is 13.2 Å². The fourth-order valence-electron chi connectivity index (χ4n) is 2.04. The number of nitriles is 1. The monoisotopic (exact) mass is 290 g/mol. The number of hydrogen-bond acceptors (Lipinski definition) is 2. The number of hydrogen-bond donors (Lipinski definition) is 1. The summed E-state index contributed by atoms with van der Waals surface area (Å²) in [7, 11) is 0. The van der Waals surface area contributed by atoms with Gasteiger partial charge in [-0.05, 0) is 43.2 Å². The van der Waals surface area contributed by atoms with Crippen LogP contribution in [-0.2, 0) is 6.42 Å². The van der Waals surface area contributed by atoms with E-state index in [1.165, 1.54) is 24.3 Å². The summed E-state index contributed by atoms with van der Waals surface area (Å²) < 4.78 is 40.1. The first kappa shape index (κ1) is 14.9. The number of halogens is 3. The highest BCUT2D eigenvalue weighted by atomic mass is 19.2. The van der Waals surface area contributed by atoms with Gasteiger partial charge in [0.15, 0.2) is 11.6 Å². The zero-order valence-electron chi connectivity index (χ0n) is 11.3. The van der Waals surface area contributed by atoms with Crippen molar-refractivity contribution >= 4 is 5.69 Å². The molecule has 2 rings (SSSR count). The predicted molar refractivity (Wildman–Crippen MR) is 74.3 cm³/mol. The van der Waals surface area contributed by atoms with Crippen molar-refractivity contribution < 1.29 is 13.2 Å². The Morgan fingerprint density at radius 2 is 1.71 bits per heavy atom. The highest BCUT2D eigenvalue weighted by Gasteiger charge is 2.14. The third kappa shape index (κ3) is 3.54. The molecule has 2 nitrogen and oxygen atoms in total. The van der Waals surface area contributed by atoms with Gasteiger partial charge in [0.2, 0.25) is 0 Å². The van der Waals surface area contributed by atoms with E-state index in [0.717, 1.165) is 5.56 Å². The van der Waals surface area contributed by atoms with Gasteiger partial charge in [0.1, 0.15) is 11.9 Å².